The van der Waals surface area contributed by atoms with Crippen molar-refractivity contribution in [3.05, 3.63) is 129 Å². The van der Waals surface area contributed by atoms with E-state index in [0.29, 0.717) is 45.6 Å². The van der Waals surface area contributed by atoms with Gasteiger partial charge in [0.1, 0.15) is 28.8 Å². The fraction of sp³-hybridized carbons (Fsp3) is 0.439. The maximum atomic E-state index is 12.6. The van der Waals surface area contributed by atoms with Crippen LogP contribution in [0.25, 0.3) is 0 Å². The number of benzene rings is 3. The summed E-state index contributed by atoms with van der Waals surface area (Å²) in [4.78, 5) is 26.5. The van der Waals surface area contributed by atoms with Crippen LogP contribution >= 0.6 is 8.96 Å². The minimum atomic E-state index is -2.13. The molecule has 55 heavy (non-hydrogen) atoms. The van der Waals surface area contributed by atoms with Gasteiger partial charge in [0.15, 0.2) is 0 Å². The van der Waals surface area contributed by atoms with Gasteiger partial charge >= 0.3 is 5.69 Å². The fourth-order valence-electron chi connectivity index (χ4n) is 7.02. The number of ether oxygens (including phenoxy) is 5. The first-order valence-electron chi connectivity index (χ1n) is 18.2. The van der Waals surface area contributed by atoms with Gasteiger partial charge in [0, 0.05) is 30.8 Å². The highest BCUT2D eigenvalue weighted by Gasteiger charge is 2.67. The van der Waals surface area contributed by atoms with E-state index in [4.69, 9.17) is 33.5 Å². The minimum Gasteiger partial charge on any atom is -0.497 e. The number of aliphatic hydroxyl groups is 1. The van der Waals surface area contributed by atoms with E-state index in [1.165, 1.54) is 6.20 Å². The number of nitriles is 1. The van der Waals surface area contributed by atoms with Crippen LogP contribution < -0.4 is 20.7 Å². The third-order valence-electron chi connectivity index (χ3n) is 9.89. The van der Waals surface area contributed by atoms with Gasteiger partial charge in [-0.2, -0.15) is 5.26 Å². The normalized spacial score (nSPS) is 21.9. The number of hydrogen-bond acceptors (Lipinski definition) is 11. The van der Waals surface area contributed by atoms with Gasteiger partial charge in [-0.25, -0.2) is 9.36 Å². The molecule has 2 aliphatic heterocycles. The summed E-state index contributed by atoms with van der Waals surface area (Å²) in [7, 11) is 3.60. The van der Waals surface area contributed by atoms with Crippen molar-refractivity contribution in [1.29, 1.82) is 5.26 Å². The lowest BCUT2D eigenvalue weighted by Crippen LogP contribution is -2.57. The summed E-state index contributed by atoms with van der Waals surface area (Å²) in [6.07, 6.45) is 0.603. The Bertz CT molecular complexity index is 1940. The zero-order valence-electron chi connectivity index (χ0n) is 32.4. The van der Waals surface area contributed by atoms with E-state index in [1.807, 2.05) is 85.8 Å². The largest absolute Gasteiger partial charge is 0.497 e. The van der Waals surface area contributed by atoms with Gasteiger partial charge in [-0.3, -0.25) is 14.4 Å². The van der Waals surface area contributed by atoms with E-state index >= 15 is 0 Å². The molecule has 13 nitrogen and oxygen atoms in total. The molecule has 0 aliphatic carbocycles. The van der Waals surface area contributed by atoms with Gasteiger partial charge in [0.05, 0.1) is 55.0 Å². The first kappa shape index (κ1) is 41.8. The van der Waals surface area contributed by atoms with Crippen molar-refractivity contribution < 1.29 is 33.3 Å². The minimum absolute atomic E-state index is 0.00195. The van der Waals surface area contributed by atoms with E-state index in [1.54, 1.807) is 14.2 Å². The number of fused-ring (bicyclic) bond motifs is 2. The molecule has 2 saturated heterocycles. The summed E-state index contributed by atoms with van der Waals surface area (Å²) in [5.41, 5.74) is -1.08. The highest BCUT2D eigenvalue weighted by molar-refractivity contribution is 7.29. The fourth-order valence-corrected chi connectivity index (χ4v) is 7.78. The summed E-state index contributed by atoms with van der Waals surface area (Å²) in [5, 5.41) is 19.9. The molecular formula is C41H51N4O9P. The quantitative estimate of drug-likeness (QED) is 0.0874. The van der Waals surface area contributed by atoms with E-state index in [9.17, 15) is 14.7 Å². The van der Waals surface area contributed by atoms with Gasteiger partial charge in [0.2, 0.25) is 0 Å². The smallest absolute Gasteiger partial charge is 0.332 e. The van der Waals surface area contributed by atoms with Gasteiger partial charge in [-0.1, -0.05) is 54.6 Å². The number of aromatic amines is 1. The maximum Gasteiger partial charge on any atom is 0.332 e. The zero-order chi connectivity index (χ0) is 39.8. The van der Waals surface area contributed by atoms with Gasteiger partial charge in [-0.15, -0.1) is 0 Å². The molecule has 5 unspecified atom stereocenters. The standard InChI is InChI=1S/C32H32N2O8.C9H19N2OP/c1-21-30(19-27(41-21)32(37,42-30)34-18-17-28(35)33-29(34)36)20-40-31(22-7-5-4-6-8-22,23-9-13-25(38-2)14-10-23)24-11-15-26(39-3)16-12-24;1-8(2)11(9(3)4)13-12-7-5-6-10/h4-18,21,27,37H,19-20H2,1-3H3,(H,33,35,36);8-9,13H,5,7H2,1-4H3. The Kier molecular flexibility index (Phi) is 13.7. The molecule has 294 valence electrons. The molecule has 0 radical (unpaired) electrons. The molecular weight excluding hydrogens is 723 g/mol. The SMILES string of the molecule is CC(C)N(POCCC#N)C(C)C.COc1ccc(C(OCC23CC(OC2C)C(O)(n2ccc(=O)[nH]c2=O)O3)(c2ccccc2)c2ccc(OC)cc2)cc1. The molecule has 3 heterocycles. The predicted molar refractivity (Wildman–Crippen MR) is 209 cm³/mol. The molecule has 2 N–H and O–H groups in total. The van der Waals surface area contributed by atoms with Crippen LogP contribution in [0.15, 0.2) is 101 Å². The molecule has 0 amide bonds. The predicted octanol–water partition coefficient (Wildman–Crippen LogP) is 5.66. The molecule has 2 fully saturated rings. The van der Waals surface area contributed by atoms with E-state index in [2.05, 4.69) is 43.4 Å². The Morgan fingerprint density at radius 3 is 2.02 bits per heavy atom. The average Bonchev–Trinajstić information content (AvgIpc) is 3.66. The van der Waals surface area contributed by atoms with Gasteiger partial charge in [0.25, 0.3) is 11.5 Å². The number of H-pyrrole nitrogens is 1. The average molecular weight is 775 g/mol. The number of aromatic nitrogens is 2. The van der Waals surface area contributed by atoms with Crippen LogP contribution in [0.2, 0.25) is 0 Å². The third-order valence-corrected chi connectivity index (χ3v) is 11.5. The Labute approximate surface area is 323 Å². The first-order chi connectivity index (χ1) is 26.3. The number of nitrogens with zero attached hydrogens (tertiary/aromatic N) is 3. The molecule has 4 aromatic rings. The van der Waals surface area contributed by atoms with Crippen LogP contribution in [-0.2, 0) is 30.2 Å². The van der Waals surface area contributed by atoms with Gasteiger partial charge < -0.3 is 33.3 Å². The topological polar surface area (TPSA) is 157 Å². The molecule has 14 heteroatoms. The highest BCUT2D eigenvalue weighted by Crippen LogP contribution is 2.52. The molecule has 3 aromatic carbocycles. The van der Waals surface area contributed by atoms with Crippen molar-refractivity contribution in [2.24, 2.45) is 0 Å². The Morgan fingerprint density at radius 2 is 1.51 bits per heavy atom. The van der Waals surface area contributed by atoms with Crippen LogP contribution in [0.3, 0.4) is 0 Å². The van der Waals surface area contributed by atoms with Crippen LogP contribution in [0.5, 0.6) is 11.5 Å². The second-order valence-corrected chi connectivity index (χ2v) is 15.0. The van der Waals surface area contributed by atoms with Crippen LogP contribution in [-0.4, -0.2) is 76.7 Å². The van der Waals surface area contributed by atoms with Crippen LogP contribution in [0.1, 0.15) is 64.2 Å². The van der Waals surface area contributed by atoms with E-state index < -0.39 is 40.6 Å². The van der Waals surface area contributed by atoms with Crippen molar-refractivity contribution >= 4 is 8.96 Å². The lowest BCUT2D eigenvalue weighted by atomic mass is 9.79. The summed E-state index contributed by atoms with van der Waals surface area (Å²) in [6.45, 7) is 11.0. The van der Waals surface area contributed by atoms with Crippen LogP contribution in [0, 0.1) is 11.3 Å². The van der Waals surface area contributed by atoms with E-state index in [-0.39, 0.29) is 13.0 Å². The van der Waals surface area contributed by atoms with Crippen molar-refractivity contribution in [3.8, 4) is 17.6 Å². The summed E-state index contributed by atoms with van der Waals surface area (Å²) < 4.78 is 39.0. The number of hydrogen-bond donors (Lipinski definition) is 2. The monoisotopic (exact) mass is 774 g/mol. The lowest BCUT2D eigenvalue weighted by Gasteiger charge is -2.43. The molecule has 2 aliphatic rings. The van der Waals surface area contributed by atoms with Gasteiger partial charge in [-0.05, 0) is 75.6 Å². The molecule has 5 atom stereocenters. The second-order valence-electron chi connectivity index (χ2n) is 14.0. The van der Waals surface area contributed by atoms with Crippen molar-refractivity contribution in [2.75, 3.05) is 27.4 Å². The van der Waals surface area contributed by atoms with Crippen LogP contribution in [0.4, 0.5) is 0 Å². The van der Waals surface area contributed by atoms with Crippen molar-refractivity contribution in [2.45, 2.75) is 88.9 Å². The molecule has 0 spiro atoms. The molecule has 6 rings (SSSR count). The number of nitrogens with one attached hydrogen (secondary N) is 1. The molecule has 0 saturated carbocycles. The second kappa shape index (κ2) is 18.0. The number of rotatable bonds is 15. The number of methoxy groups -OCH3 is 2. The molecule has 1 aromatic heterocycles. The summed E-state index contributed by atoms with van der Waals surface area (Å²) in [5.74, 6) is -0.734. The Morgan fingerprint density at radius 1 is 0.945 bits per heavy atom. The molecule has 2 bridgehead atoms. The first-order valence-corrected chi connectivity index (χ1v) is 19.1. The summed E-state index contributed by atoms with van der Waals surface area (Å²) >= 11 is 0. The highest BCUT2D eigenvalue weighted by atomic mass is 31.1. The summed E-state index contributed by atoms with van der Waals surface area (Å²) in [6, 6.07) is 29.4. The van der Waals surface area contributed by atoms with E-state index in [0.717, 1.165) is 27.3 Å². The Balaban J connectivity index is 0.000000384. The maximum absolute atomic E-state index is 12.6. The van der Waals surface area contributed by atoms with Crippen molar-refractivity contribution in [3.63, 3.8) is 0 Å². The zero-order valence-corrected chi connectivity index (χ0v) is 33.4. The third kappa shape index (κ3) is 8.87. The van der Waals surface area contributed by atoms with Crippen molar-refractivity contribution in [1.82, 2.24) is 14.2 Å². The Hall–Kier alpha value is -4.38. The lowest BCUT2D eigenvalue weighted by molar-refractivity contribution is -0.369.